The fraction of sp³-hybridized carbons (Fsp3) is 0.350. The highest BCUT2D eigenvalue weighted by Gasteiger charge is 2.32. The lowest BCUT2D eigenvalue weighted by atomic mass is 10.1. The molecule has 1 aliphatic rings. The van der Waals surface area contributed by atoms with E-state index in [1.807, 2.05) is 43.3 Å². The van der Waals surface area contributed by atoms with E-state index in [4.69, 9.17) is 4.74 Å². The Bertz CT molecular complexity index is 733. The van der Waals surface area contributed by atoms with Gasteiger partial charge in [0.05, 0.1) is 6.61 Å². The van der Waals surface area contributed by atoms with Gasteiger partial charge in [-0.25, -0.2) is 10.9 Å². The van der Waals surface area contributed by atoms with Crippen LogP contribution in [0.4, 0.5) is 5.69 Å². The quantitative estimate of drug-likeness (QED) is 0.487. The molecule has 7 heteroatoms. The number of rotatable bonds is 8. The summed E-state index contributed by atoms with van der Waals surface area (Å²) in [6.45, 7) is 5.17. The molecule has 0 bridgehead atoms. The highest BCUT2D eigenvalue weighted by atomic mass is 16.5. The fourth-order valence-corrected chi connectivity index (χ4v) is 2.89. The van der Waals surface area contributed by atoms with E-state index in [2.05, 4.69) is 46.1 Å². The molecule has 27 heavy (non-hydrogen) atoms. The monoisotopic (exact) mass is 369 g/mol. The molecule has 0 aromatic heterocycles. The first-order valence-electron chi connectivity index (χ1n) is 9.30. The van der Waals surface area contributed by atoms with Gasteiger partial charge in [0.15, 0.2) is 0 Å². The number of hydrazine groups is 2. The molecule has 7 nitrogen and oxygen atoms in total. The van der Waals surface area contributed by atoms with Crippen molar-refractivity contribution in [2.24, 2.45) is 0 Å². The zero-order chi connectivity index (χ0) is 19.1. The van der Waals surface area contributed by atoms with E-state index in [1.54, 1.807) is 0 Å². The Kier molecular flexibility index (Phi) is 6.64. The van der Waals surface area contributed by atoms with Gasteiger partial charge in [0.25, 0.3) is 0 Å². The molecule has 0 spiro atoms. The molecule has 5 N–H and O–H groups in total. The summed E-state index contributed by atoms with van der Waals surface area (Å²) in [6, 6.07) is 15.5. The predicted octanol–water partition coefficient (Wildman–Crippen LogP) is 1.68. The van der Waals surface area contributed by atoms with E-state index in [0.717, 1.165) is 23.4 Å². The van der Waals surface area contributed by atoms with Gasteiger partial charge in [-0.05, 0) is 48.7 Å². The molecule has 1 aliphatic heterocycles. The number of hydrogen-bond donors (Lipinski definition) is 5. The number of ether oxygens (including phenoxy) is 1. The summed E-state index contributed by atoms with van der Waals surface area (Å²) in [6.07, 6.45) is 0.736. The number of benzene rings is 2. The first-order chi connectivity index (χ1) is 13.2. The van der Waals surface area contributed by atoms with Crippen molar-refractivity contribution in [1.29, 1.82) is 0 Å². The molecule has 2 aromatic carbocycles. The maximum Gasteiger partial charge on any atom is 0.242 e. The van der Waals surface area contributed by atoms with E-state index in [-0.39, 0.29) is 12.1 Å². The minimum Gasteiger partial charge on any atom is -0.494 e. The maximum absolute atomic E-state index is 12.6. The number of anilines is 1. The number of aryl methyl sites for hydroxylation is 1. The van der Waals surface area contributed by atoms with Gasteiger partial charge in [-0.2, -0.15) is 5.53 Å². The van der Waals surface area contributed by atoms with Crippen molar-refractivity contribution in [3.8, 4) is 5.75 Å². The first-order valence-corrected chi connectivity index (χ1v) is 9.30. The molecule has 144 valence electrons. The Morgan fingerprint density at radius 2 is 1.70 bits per heavy atom. The minimum atomic E-state index is -0.446. The molecule has 0 saturated carbocycles. The summed E-state index contributed by atoms with van der Waals surface area (Å²) in [5, 5.41) is 6.29. The van der Waals surface area contributed by atoms with Crippen LogP contribution in [0.25, 0.3) is 0 Å². The van der Waals surface area contributed by atoms with Gasteiger partial charge in [-0.1, -0.05) is 31.2 Å². The lowest BCUT2D eigenvalue weighted by Crippen LogP contribution is -2.50. The van der Waals surface area contributed by atoms with Gasteiger partial charge < -0.3 is 15.4 Å². The molecule has 1 heterocycles. The molecule has 1 amide bonds. The summed E-state index contributed by atoms with van der Waals surface area (Å²) in [4.78, 5) is 12.6. The van der Waals surface area contributed by atoms with Crippen molar-refractivity contribution in [2.75, 3.05) is 11.9 Å². The number of carbonyl (C=O) groups is 1. The van der Waals surface area contributed by atoms with Crippen LogP contribution >= 0.6 is 0 Å². The van der Waals surface area contributed by atoms with E-state index in [0.29, 0.717) is 13.2 Å². The van der Waals surface area contributed by atoms with Crippen molar-refractivity contribution in [2.45, 2.75) is 39.0 Å². The Morgan fingerprint density at radius 1 is 1.00 bits per heavy atom. The molecule has 2 unspecified atom stereocenters. The van der Waals surface area contributed by atoms with E-state index in [9.17, 15) is 4.79 Å². The van der Waals surface area contributed by atoms with Gasteiger partial charge >= 0.3 is 0 Å². The number of hydrogen-bond acceptors (Lipinski definition) is 6. The normalized spacial score (nSPS) is 18.9. The second-order valence-electron chi connectivity index (χ2n) is 6.36. The van der Waals surface area contributed by atoms with Gasteiger partial charge in [0.2, 0.25) is 5.91 Å². The lowest BCUT2D eigenvalue weighted by molar-refractivity contribution is -0.123. The van der Waals surface area contributed by atoms with Gasteiger partial charge in [0, 0.05) is 12.2 Å². The molecular weight excluding hydrogens is 342 g/mol. The Hall–Kier alpha value is -2.61. The molecule has 0 radical (unpaired) electrons. The second-order valence-corrected chi connectivity index (χ2v) is 6.36. The zero-order valence-electron chi connectivity index (χ0n) is 15.7. The number of nitrogens with one attached hydrogen (secondary N) is 5. The van der Waals surface area contributed by atoms with E-state index in [1.165, 1.54) is 5.56 Å². The third-order valence-corrected chi connectivity index (χ3v) is 4.46. The van der Waals surface area contributed by atoms with Crippen LogP contribution < -0.4 is 31.8 Å². The fourth-order valence-electron chi connectivity index (χ4n) is 2.89. The average molecular weight is 369 g/mol. The summed E-state index contributed by atoms with van der Waals surface area (Å²) < 4.78 is 5.43. The van der Waals surface area contributed by atoms with Gasteiger partial charge in [-0.3, -0.25) is 4.79 Å². The molecule has 0 aliphatic carbocycles. The third-order valence-electron chi connectivity index (χ3n) is 4.46. The SMILES string of the molecule is CCOc1ccc(CNC(=O)C2NNNC2Nc2ccc(CC)cc2)cc1. The van der Waals surface area contributed by atoms with Crippen molar-refractivity contribution >= 4 is 11.6 Å². The van der Waals surface area contributed by atoms with Crippen molar-refractivity contribution in [3.05, 3.63) is 59.7 Å². The third kappa shape index (κ3) is 5.19. The molecule has 1 fully saturated rings. The Morgan fingerprint density at radius 3 is 2.37 bits per heavy atom. The van der Waals surface area contributed by atoms with Crippen LogP contribution in [0.2, 0.25) is 0 Å². The van der Waals surface area contributed by atoms with Crippen LogP contribution in [0.15, 0.2) is 48.5 Å². The molecule has 3 rings (SSSR count). The zero-order valence-corrected chi connectivity index (χ0v) is 15.7. The average Bonchev–Trinajstić information content (AvgIpc) is 3.16. The van der Waals surface area contributed by atoms with Crippen LogP contribution in [0, 0.1) is 0 Å². The predicted molar refractivity (Wildman–Crippen MR) is 106 cm³/mol. The number of amides is 1. The van der Waals surface area contributed by atoms with Crippen LogP contribution in [-0.2, 0) is 17.8 Å². The van der Waals surface area contributed by atoms with E-state index >= 15 is 0 Å². The summed E-state index contributed by atoms with van der Waals surface area (Å²) in [5.41, 5.74) is 12.1. The highest BCUT2D eigenvalue weighted by Crippen LogP contribution is 2.14. The van der Waals surface area contributed by atoms with Crippen LogP contribution in [0.3, 0.4) is 0 Å². The van der Waals surface area contributed by atoms with Crippen molar-refractivity contribution in [1.82, 2.24) is 21.7 Å². The second kappa shape index (κ2) is 9.36. The summed E-state index contributed by atoms with van der Waals surface area (Å²) in [5.74, 6) is 0.737. The number of carbonyl (C=O) groups excluding carboxylic acids is 1. The van der Waals surface area contributed by atoms with Crippen molar-refractivity contribution in [3.63, 3.8) is 0 Å². The maximum atomic E-state index is 12.6. The van der Waals surface area contributed by atoms with Crippen LogP contribution in [-0.4, -0.2) is 24.7 Å². The summed E-state index contributed by atoms with van der Waals surface area (Å²) in [7, 11) is 0. The lowest BCUT2D eigenvalue weighted by Gasteiger charge is -2.20. The minimum absolute atomic E-state index is 0.0935. The van der Waals surface area contributed by atoms with Crippen LogP contribution in [0.5, 0.6) is 5.75 Å². The standard InChI is InChI=1S/C20H27N5O2/c1-3-14-5-9-16(10-6-14)22-19-18(23-25-24-19)20(26)21-13-15-7-11-17(12-8-15)27-4-2/h5-12,18-19,22-25H,3-4,13H2,1-2H3,(H,21,26). The van der Waals surface area contributed by atoms with Gasteiger partial charge in [0.1, 0.15) is 18.0 Å². The van der Waals surface area contributed by atoms with Crippen LogP contribution in [0.1, 0.15) is 25.0 Å². The Labute approximate surface area is 159 Å². The molecule has 2 aromatic rings. The highest BCUT2D eigenvalue weighted by molar-refractivity contribution is 5.83. The van der Waals surface area contributed by atoms with Crippen molar-refractivity contribution < 1.29 is 9.53 Å². The summed E-state index contributed by atoms with van der Waals surface area (Å²) >= 11 is 0. The topological polar surface area (TPSA) is 86.5 Å². The van der Waals surface area contributed by atoms with Gasteiger partial charge in [-0.15, -0.1) is 0 Å². The Balaban J connectivity index is 1.53. The molecule has 2 atom stereocenters. The molecule has 1 saturated heterocycles. The largest absolute Gasteiger partial charge is 0.494 e. The van der Waals surface area contributed by atoms with E-state index < -0.39 is 6.04 Å². The molecular formula is C20H27N5O2. The first kappa shape index (κ1) is 19.2. The smallest absolute Gasteiger partial charge is 0.242 e.